The van der Waals surface area contributed by atoms with Gasteiger partial charge in [-0.2, -0.15) is 0 Å². The van der Waals surface area contributed by atoms with Crippen LogP contribution in [-0.4, -0.2) is 68.1 Å². The molecule has 0 aromatic carbocycles. The van der Waals surface area contributed by atoms with Crippen LogP contribution >= 0.6 is 0 Å². The minimum Gasteiger partial charge on any atom is -0.387 e. The first-order valence-corrected chi connectivity index (χ1v) is 4.42. The number of aliphatic hydroxyl groups excluding tert-OH is 5. The standard InChI is InChI=1S/C8H14O7/c1-2(9)3(10)7-5(12)4(11)6(13)8(14)15-7/h3-8,10-14H,1H3/t3?,4-,5-,6+,7?,8+/m0/s1. The van der Waals surface area contributed by atoms with Crippen LogP contribution in [0.15, 0.2) is 0 Å². The van der Waals surface area contributed by atoms with Crippen LogP contribution in [0.4, 0.5) is 0 Å². The number of hydrogen-bond donors (Lipinski definition) is 5. The zero-order valence-electron chi connectivity index (χ0n) is 8.02. The van der Waals surface area contributed by atoms with Crippen LogP contribution in [-0.2, 0) is 9.53 Å². The second-order valence-corrected chi connectivity index (χ2v) is 3.52. The van der Waals surface area contributed by atoms with Gasteiger partial charge < -0.3 is 30.3 Å². The summed E-state index contributed by atoms with van der Waals surface area (Å²) < 4.78 is 4.63. The van der Waals surface area contributed by atoms with Crippen molar-refractivity contribution in [3.05, 3.63) is 0 Å². The van der Waals surface area contributed by atoms with Crippen LogP contribution in [0.2, 0.25) is 0 Å². The summed E-state index contributed by atoms with van der Waals surface area (Å²) in [6.07, 6.45) is -9.83. The zero-order valence-corrected chi connectivity index (χ0v) is 8.02. The lowest BCUT2D eigenvalue weighted by molar-refractivity contribution is -0.293. The fourth-order valence-electron chi connectivity index (χ4n) is 1.38. The number of carbonyl (C=O) groups is 1. The van der Waals surface area contributed by atoms with Crippen LogP contribution in [0.5, 0.6) is 0 Å². The average molecular weight is 222 g/mol. The molecule has 0 radical (unpaired) electrons. The first kappa shape index (κ1) is 12.5. The number of ketones is 1. The number of aliphatic hydroxyl groups is 5. The summed E-state index contributed by atoms with van der Waals surface area (Å²) >= 11 is 0. The van der Waals surface area contributed by atoms with Crippen molar-refractivity contribution in [2.75, 3.05) is 0 Å². The fourth-order valence-corrected chi connectivity index (χ4v) is 1.38. The maximum Gasteiger partial charge on any atom is 0.184 e. The van der Waals surface area contributed by atoms with E-state index in [9.17, 15) is 20.1 Å². The Hall–Kier alpha value is -0.570. The molecular weight excluding hydrogens is 208 g/mol. The molecule has 1 fully saturated rings. The fraction of sp³-hybridized carbons (Fsp3) is 0.875. The van der Waals surface area contributed by atoms with E-state index in [1.165, 1.54) is 0 Å². The van der Waals surface area contributed by atoms with Crippen LogP contribution in [0.25, 0.3) is 0 Å². The smallest absolute Gasteiger partial charge is 0.184 e. The highest BCUT2D eigenvalue weighted by Crippen LogP contribution is 2.22. The van der Waals surface area contributed by atoms with Gasteiger partial charge in [-0.05, 0) is 6.92 Å². The quantitative estimate of drug-likeness (QED) is 0.332. The van der Waals surface area contributed by atoms with Gasteiger partial charge in [0.05, 0.1) is 0 Å². The third-order valence-corrected chi connectivity index (χ3v) is 2.35. The third-order valence-electron chi connectivity index (χ3n) is 2.35. The van der Waals surface area contributed by atoms with E-state index in [0.29, 0.717) is 0 Å². The molecule has 0 saturated carbocycles. The first-order valence-electron chi connectivity index (χ1n) is 4.42. The Kier molecular flexibility index (Phi) is 3.77. The topological polar surface area (TPSA) is 127 Å². The molecule has 1 aliphatic heterocycles. The minimum atomic E-state index is -1.75. The normalized spacial score (nSPS) is 43.7. The molecule has 5 N–H and O–H groups in total. The second kappa shape index (κ2) is 4.52. The minimum absolute atomic E-state index is 0.671. The Bertz CT molecular complexity index is 243. The van der Waals surface area contributed by atoms with Gasteiger partial charge >= 0.3 is 0 Å². The Morgan fingerprint density at radius 3 is 2.13 bits per heavy atom. The highest BCUT2D eigenvalue weighted by molar-refractivity contribution is 5.80. The van der Waals surface area contributed by atoms with Crippen molar-refractivity contribution in [1.29, 1.82) is 0 Å². The maximum absolute atomic E-state index is 10.8. The van der Waals surface area contributed by atoms with Gasteiger partial charge in [0, 0.05) is 0 Å². The van der Waals surface area contributed by atoms with Gasteiger partial charge in [0.1, 0.15) is 30.5 Å². The summed E-state index contributed by atoms with van der Waals surface area (Å²) in [6, 6.07) is 0. The Morgan fingerprint density at radius 1 is 1.13 bits per heavy atom. The molecule has 2 unspecified atom stereocenters. The van der Waals surface area contributed by atoms with Crippen molar-refractivity contribution >= 4 is 5.78 Å². The summed E-state index contributed by atoms with van der Waals surface area (Å²) in [5, 5.41) is 46.2. The van der Waals surface area contributed by atoms with Crippen LogP contribution in [0, 0.1) is 0 Å². The maximum atomic E-state index is 10.8. The van der Waals surface area contributed by atoms with Gasteiger partial charge in [0.15, 0.2) is 12.1 Å². The Labute approximate surface area is 85.5 Å². The molecule has 0 amide bonds. The first-order chi connectivity index (χ1) is 6.86. The molecule has 1 aliphatic rings. The van der Waals surface area contributed by atoms with E-state index < -0.39 is 42.6 Å². The molecule has 6 atom stereocenters. The van der Waals surface area contributed by atoms with Gasteiger partial charge in [-0.15, -0.1) is 0 Å². The van der Waals surface area contributed by atoms with Crippen molar-refractivity contribution in [3.63, 3.8) is 0 Å². The van der Waals surface area contributed by atoms with Gasteiger partial charge in [-0.25, -0.2) is 0 Å². The van der Waals surface area contributed by atoms with Crippen LogP contribution in [0.3, 0.4) is 0 Å². The van der Waals surface area contributed by atoms with E-state index in [0.717, 1.165) is 6.92 Å². The van der Waals surface area contributed by atoms with Crippen LogP contribution in [0.1, 0.15) is 6.92 Å². The molecule has 0 bridgehead atoms. The molecule has 0 spiro atoms. The lowest BCUT2D eigenvalue weighted by atomic mass is 9.94. The summed E-state index contributed by atoms with van der Waals surface area (Å²) in [7, 11) is 0. The van der Waals surface area contributed by atoms with E-state index in [4.69, 9.17) is 10.2 Å². The molecule has 0 aromatic rings. The summed E-state index contributed by atoms with van der Waals surface area (Å²) in [5.74, 6) is -0.671. The molecule has 88 valence electrons. The van der Waals surface area contributed by atoms with E-state index in [1.54, 1.807) is 0 Å². The zero-order chi connectivity index (χ0) is 11.7. The van der Waals surface area contributed by atoms with Gasteiger partial charge in [-0.3, -0.25) is 4.79 Å². The van der Waals surface area contributed by atoms with Crippen LogP contribution < -0.4 is 0 Å². The van der Waals surface area contributed by atoms with Crippen molar-refractivity contribution in [1.82, 2.24) is 0 Å². The molecule has 15 heavy (non-hydrogen) atoms. The Morgan fingerprint density at radius 2 is 1.67 bits per heavy atom. The summed E-state index contributed by atoms with van der Waals surface area (Å²) in [5.41, 5.74) is 0. The largest absolute Gasteiger partial charge is 0.387 e. The van der Waals surface area contributed by atoms with E-state index in [-0.39, 0.29) is 0 Å². The predicted octanol–water partition coefficient (Wildman–Crippen LogP) is -3.26. The lowest BCUT2D eigenvalue weighted by Gasteiger charge is -2.39. The number of ether oxygens (including phenoxy) is 1. The van der Waals surface area contributed by atoms with Crippen molar-refractivity contribution in [2.45, 2.75) is 43.7 Å². The molecular formula is C8H14O7. The lowest BCUT2D eigenvalue weighted by Crippen LogP contribution is -2.61. The molecule has 1 saturated heterocycles. The number of carbonyl (C=O) groups excluding carboxylic acids is 1. The molecule has 7 heteroatoms. The molecule has 7 nitrogen and oxygen atoms in total. The highest BCUT2D eigenvalue weighted by atomic mass is 16.6. The van der Waals surface area contributed by atoms with Gasteiger partial charge in [0.2, 0.25) is 0 Å². The molecule has 1 rings (SSSR count). The average Bonchev–Trinajstić information content (AvgIpc) is 2.19. The highest BCUT2D eigenvalue weighted by Gasteiger charge is 2.46. The van der Waals surface area contributed by atoms with Gasteiger partial charge in [-0.1, -0.05) is 0 Å². The number of hydrogen-bond acceptors (Lipinski definition) is 7. The van der Waals surface area contributed by atoms with Gasteiger partial charge in [0.25, 0.3) is 0 Å². The van der Waals surface area contributed by atoms with E-state index >= 15 is 0 Å². The summed E-state index contributed by atoms with van der Waals surface area (Å²) in [4.78, 5) is 10.8. The van der Waals surface area contributed by atoms with E-state index in [1.807, 2.05) is 0 Å². The SMILES string of the molecule is CC(=O)C(O)C1O[C@@H](O)[C@H](O)[C@@H](O)[C@@H]1O. The number of rotatable bonds is 2. The molecule has 0 aliphatic carbocycles. The van der Waals surface area contributed by atoms with Crippen molar-refractivity contribution in [3.8, 4) is 0 Å². The predicted molar refractivity (Wildman–Crippen MR) is 45.6 cm³/mol. The monoisotopic (exact) mass is 222 g/mol. The molecule has 0 aromatic heterocycles. The summed E-state index contributed by atoms with van der Waals surface area (Å²) in [6.45, 7) is 1.07. The van der Waals surface area contributed by atoms with E-state index in [2.05, 4.69) is 4.74 Å². The van der Waals surface area contributed by atoms with Crippen molar-refractivity contribution < 1.29 is 35.1 Å². The second-order valence-electron chi connectivity index (χ2n) is 3.52. The Balaban J connectivity index is 2.78. The molecule has 1 heterocycles. The van der Waals surface area contributed by atoms with Crippen molar-refractivity contribution in [2.24, 2.45) is 0 Å². The number of Topliss-reactive ketones (excluding diaryl/α,β-unsaturated/α-hetero) is 1. The third kappa shape index (κ3) is 2.33.